The van der Waals surface area contributed by atoms with Crippen LogP contribution in [-0.4, -0.2) is 96.7 Å². The Hall–Kier alpha value is -1.94. The molecular formula is C85H166O17P2. The highest BCUT2D eigenvalue weighted by molar-refractivity contribution is 7.47. The molecule has 0 fully saturated rings. The van der Waals surface area contributed by atoms with Crippen molar-refractivity contribution in [2.45, 2.75) is 477 Å². The molecule has 0 rings (SSSR count). The number of unbranched alkanes of at least 4 members (excludes halogenated alkanes) is 57. The third-order valence-electron chi connectivity index (χ3n) is 20.0. The molecule has 0 aliphatic rings. The van der Waals surface area contributed by atoms with Crippen LogP contribution in [0.15, 0.2) is 0 Å². The standard InChI is InChI=1S/C85H166O17P2/c1-6-9-12-15-18-21-23-25-27-29-31-36-40-44-49-54-59-64-69-83(88)96-75-81(102-85(90)71-66-61-56-51-46-42-38-34-33-35-39-43-48-52-57-62-67-78(4)5)77-100-104(93,94)98-73-79(86)72-97-103(91,92)99-76-80(74-95-82(87)68-63-58-53-47-20-17-14-11-8-3)101-84(89)70-65-60-55-50-45-41-37-32-30-28-26-24-22-19-16-13-10-7-2/h78-81,86H,6-77H2,1-5H3,(H,91,92)(H,93,94)/t79-,80+,81+/m0/s1. The fourth-order valence-corrected chi connectivity index (χ4v) is 14.9. The lowest BCUT2D eigenvalue weighted by atomic mass is 10.0. The lowest BCUT2D eigenvalue weighted by Gasteiger charge is -2.21. The summed E-state index contributed by atoms with van der Waals surface area (Å²) in [5, 5.41) is 10.7. The van der Waals surface area contributed by atoms with E-state index in [4.69, 9.17) is 37.0 Å². The van der Waals surface area contributed by atoms with Gasteiger partial charge in [-0.05, 0) is 31.6 Å². The summed E-state index contributed by atoms with van der Waals surface area (Å²) in [4.78, 5) is 73.1. The number of phosphoric acid groups is 2. The molecule has 0 heterocycles. The summed E-state index contributed by atoms with van der Waals surface area (Å²) in [7, 11) is -9.92. The summed E-state index contributed by atoms with van der Waals surface area (Å²) in [6.45, 7) is 7.38. The normalized spacial score (nSPS) is 13.8. The van der Waals surface area contributed by atoms with Gasteiger partial charge in [0.25, 0.3) is 0 Å². The van der Waals surface area contributed by atoms with Gasteiger partial charge in [-0.25, -0.2) is 9.13 Å². The number of esters is 4. The molecular weight excluding hydrogens is 1350 g/mol. The summed E-state index contributed by atoms with van der Waals surface area (Å²) in [5.41, 5.74) is 0. The van der Waals surface area contributed by atoms with Crippen molar-refractivity contribution in [2.24, 2.45) is 5.92 Å². The number of phosphoric ester groups is 2. The van der Waals surface area contributed by atoms with Crippen LogP contribution in [0.4, 0.5) is 0 Å². The first-order valence-corrected chi connectivity index (χ1v) is 47.1. The highest BCUT2D eigenvalue weighted by Gasteiger charge is 2.30. The van der Waals surface area contributed by atoms with E-state index in [1.807, 2.05) is 0 Å². The van der Waals surface area contributed by atoms with Crippen molar-refractivity contribution < 1.29 is 80.2 Å². The first-order chi connectivity index (χ1) is 50.5. The van der Waals surface area contributed by atoms with E-state index in [0.29, 0.717) is 25.7 Å². The van der Waals surface area contributed by atoms with Crippen LogP contribution >= 0.6 is 15.6 Å². The van der Waals surface area contributed by atoms with Crippen molar-refractivity contribution in [1.82, 2.24) is 0 Å². The number of ether oxygens (including phenoxy) is 4. The molecule has 5 atom stereocenters. The van der Waals surface area contributed by atoms with Crippen molar-refractivity contribution >= 4 is 39.5 Å². The summed E-state index contributed by atoms with van der Waals surface area (Å²) in [5.74, 6) is -1.29. The first kappa shape index (κ1) is 102. The number of hydrogen-bond acceptors (Lipinski definition) is 15. The van der Waals surface area contributed by atoms with E-state index in [1.165, 1.54) is 283 Å². The Morgan fingerprint density at radius 3 is 0.654 bits per heavy atom. The number of rotatable bonds is 85. The monoisotopic (exact) mass is 1520 g/mol. The molecule has 0 amide bonds. The van der Waals surface area contributed by atoms with E-state index in [1.54, 1.807) is 0 Å². The topological polar surface area (TPSA) is 237 Å². The lowest BCUT2D eigenvalue weighted by molar-refractivity contribution is -0.161. The molecule has 19 heteroatoms. The Labute approximate surface area is 638 Å². The average Bonchev–Trinajstić information content (AvgIpc) is 0.906. The minimum atomic E-state index is -4.96. The second-order valence-electron chi connectivity index (χ2n) is 31.1. The van der Waals surface area contributed by atoms with Crippen LogP contribution in [0.2, 0.25) is 0 Å². The summed E-state index contributed by atoms with van der Waals surface area (Å²) < 4.78 is 68.8. The number of carbonyl (C=O) groups is 4. The summed E-state index contributed by atoms with van der Waals surface area (Å²) >= 11 is 0. The second kappa shape index (κ2) is 77.8. The maximum Gasteiger partial charge on any atom is 0.472 e. The Morgan fingerprint density at radius 2 is 0.442 bits per heavy atom. The summed E-state index contributed by atoms with van der Waals surface area (Å²) in [6.07, 6.45) is 70.8. The quantitative estimate of drug-likeness (QED) is 0.0222. The molecule has 2 unspecified atom stereocenters. The molecule has 0 saturated carbocycles. The highest BCUT2D eigenvalue weighted by Crippen LogP contribution is 2.45. The van der Waals surface area contributed by atoms with Crippen LogP contribution in [0, 0.1) is 5.92 Å². The lowest BCUT2D eigenvalue weighted by Crippen LogP contribution is -2.30. The molecule has 0 radical (unpaired) electrons. The van der Waals surface area contributed by atoms with Gasteiger partial charge in [0.1, 0.15) is 19.3 Å². The number of aliphatic hydroxyl groups excluding tert-OH is 1. The van der Waals surface area contributed by atoms with Crippen molar-refractivity contribution in [2.75, 3.05) is 39.6 Å². The largest absolute Gasteiger partial charge is 0.472 e. The van der Waals surface area contributed by atoms with Gasteiger partial charge >= 0.3 is 39.5 Å². The zero-order valence-corrected chi connectivity index (χ0v) is 70.0. The second-order valence-corrected chi connectivity index (χ2v) is 34.0. The zero-order chi connectivity index (χ0) is 76.2. The maximum absolute atomic E-state index is 13.1. The number of aliphatic hydroxyl groups is 1. The fourth-order valence-electron chi connectivity index (χ4n) is 13.3. The molecule has 104 heavy (non-hydrogen) atoms. The Balaban J connectivity index is 5.21. The van der Waals surface area contributed by atoms with Gasteiger partial charge in [0.2, 0.25) is 0 Å². The molecule has 0 aliphatic heterocycles. The summed E-state index contributed by atoms with van der Waals surface area (Å²) in [6, 6.07) is 0. The molecule has 3 N–H and O–H groups in total. The van der Waals surface area contributed by atoms with E-state index in [-0.39, 0.29) is 25.7 Å². The van der Waals surface area contributed by atoms with E-state index in [2.05, 4.69) is 34.6 Å². The van der Waals surface area contributed by atoms with Crippen molar-refractivity contribution in [3.05, 3.63) is 0 Å². The predicted octanol–water partition coefficient (Wildman–Crippen LogP) is 26.0. The van der Waals surface area contributed by atoms with Crippen LogP contribution in [0.25, 0.3) is 0 Å². The van der Waals surface area contributed by atoms with Gasteiger partial charge in [-0.2, -0.15) is 0 Å². The first-order valence-electron chi connectivity index (χ1n) is 44.1. The third kappa shape index (κ3) is 78.2. The van der Waals surface area contributed by atoms with Gasteiger partial charge in [0, 0.05) is 25.7 Å². The smallest absolute Gasteiger partial charge is 0.462 e. The van der Waals surface area contributed by atoms with Crippen LogP contribution in [0.1, 0.15) is 458 Å². The molecule has 0 spiro atoms. The Bertz CT molecular complexity index is 1980. The van der Waals surface area contributed by atoms with Crippen molar-refractivity contribution in [3.8, 4) is 0 Å². The van der Waals surface area contributed by atoms with Crippen LogP contribution in [-0.2, 0) is 65.4 Å². The van der Waals surface area contributed by atoms with Gasteiger partial charge in [-0.3, -0.25) is 37.3 Å². The van der Waals surface area contributed by atoms with Crippen LogP contribution < -0.4 is 0 Å². The van der Waals surface area contributed by atoms with E-state index in [9.17, 15) is 43.2 Å². The van der Waals surface area contributed by atoms with Crippen molar-refractivity contribution in [3.63, 3.8) is 0 Å². The maximum atomic E-state index is 13.1. The van der Waals surface area contributed by atoms with Gasteiger partial charge in [-0.15, -0.1) is 0 Å². The molecule has 0 saturated heterocycles. The van der Waals surface area contributed by atoms with Crippen LogP contribution in [0.3, 0.4) is 0 Å². The van der Waals surface area contributed by atoms with Gasteiger partial charge < -0.3 is 33.8 Å². The predicted molar refractivity (Wildman–Crippen MR) is 428 cm³/mol. The molecule has 17 nitrogen and oxygen atoms in total. The minimum Gasteiger partial charge on any atom is -0.462 e. The van der Waals surface area contributed by atoms with E-state index in [0.717, 1.165) is 95.8 Å². The van der Waals surface area contributed by atoms with E-state index >= 15 is 0 Å². The fraction of sp³-hybridized carbons (Fsp3) is 0.953. The number of hydrogen-bond donors (Lipinski definition) is 3. The zero-order valence-electron chi connectivity index (χ0n) is 68.2. The molecule has 0 bridgehead atoms. The van der Waals surface area contributed by atoms with Gasteiger partial charge in [-0.1, -0.05) is 407 Å². The molecule has 0 aromatic heterocycles. The van der Waals surface area contributed by atoms with Gasteiger partial charge in [0.05, 0.1) is 26.4 Å². The highest BCUT2D eigenvalue weighted by atomic mass is 31.2. The Morgan fingerprint density at radius 1 is 0.260 bits per heavy atom. The molecule has 0 aromatic carbocycles. The number of carbonyl (C=O) groups excluding carboxylic acids is 4. The molecule has 0 aromatic rings. The minimum absolute atomic E-state index is 0.109. The van der Waals surface area contributed by atoms with Crippen molar-refractivity contribution in [1.29, 1.82) is 0 Å². The van der Waals surface area contributed by atoms with E-state index < -0.39 is 97.5 Å². The third-order valence-corrected chi connectivity index (χ3v) is 21.9. The molecule has 0 aliphatic carbocycles. The Kier molecular flexibility index (Phi) is 76.3. The average molecular weight is 1520 g/mol. The van der Waals surface area contributed by atoms with Gasteiger partial charge in [0.15, 0.2) is 12.2 Å². The SMILES string of the molecule is CCCCCCCCCCCCCCCCCCCCC(=O)OC[C@H](COP(=O)(O)OC[C@@H](O)COP(=O)(O)OC[C@@H](COC(=O)CCCCCCCCCCC)OC(=O)CCCCCCCCCCCCCCCCCCCC)OC(=O)CCCCCCCCCCCCCCCCCCC(C)C. The molecule has 618 valence electrons. The van der Waals surface area contributed by atoms with Crippen LogP contribution in [0.5, 0.6) is 0 Å².